The highest BCUT2D eigenvalue weighted by Gasteiger charge is 2.21. The molecule has 0 aliphatic carbocycles. The van der Waals surface area contributed by atoms with E-state index in [4.69, 9.17) is 4.99 Å². The molecule has 3 rings (SSSR count). The zero-order chi connectivity index (χ0) is 19.8. The van der Waals surface area contributed by atoms with Crippen LogP contribution in [0.3, 0.4) is 0 Å². The number of nitrogens with one attached hydrogen (secondary N) is 1. The Kier molecular flexibility index (Phi) is 6.50. The average Bonchev–Trinajstić information content (AvgIpc) is 2.75. The van der Waals surface area contributed by atoms with Gasteiger partial charge in [0.1, 0.15) is 0 Å². The number of nitrogens with zero attached hydrogens (tertiary/aromatic N) is 6. The summed E-state index contributed by atoms with van der Waals surface area (Å²) < 4.78 is 0. The van der Waals surface area contributed by atoms with Gasteiger partial charge < -0.3 is 15.1 Å². The third-order valence-electron chi connectivity index (χ3n) is 4.38. The van der Waals surface area contributed by atoms with Crippen LogP contribution in [-0.4, -0.2) is 58.5 Å². The maximum Gasteiger partial charge on any atom is 0.269 e. The van der Waals surface area contributed by atoms with Crippen LogP contribution < -0.4 is 10.2 Å². The Bertz CT molecular complexity index is 816. The number of nitro benzene ring substituents is 1. The predicted molar refractivity (Wildman–Crippen MR) is 108 cm³/mol. The van der Waals surface area contributed by atoms with E-state index in [0.717, 1.165) is 43.7 Å². The van der Waals surface area contributed by atoms with Crippen molar-refractivity contribution in [1.82, 2.24) is 20.2 Å². The van der Waals surface area contributed by atoms with Crippen LogP contribution in [0, 0.1) is 10.1 Å². The zero-order valence-corrected chi connectivity index (χ0v) is 15.6. The molecule has 0 amide bonds. The van der Waals surface area contributed by atoms with Gasteiger partial charge >= 0.3 is 0 Å². The number of aliphatic imine (C=N–C) groups is 1. The maximum absolute atomic E-state index is 10.8. The van der Waals surface area contributed by atoms with Crippen molar-refractivity contribution in [3.8, 4) is 0 Å². The van der Waals surface area contributed by atoms with Gasteiger partial charge in [-0.3, -0.25) is 10.1 Å². The van der Waals surface area contributed by atoms with Crippen LogP contribution in [0.25, 0.3) is 0 Å². The molecule has 2 heterocycles. The monoisotopic (exact) mass is 381 g/mol. The maximum atomic E-state index is 10.8. The fourth-order valence-corrected chi connectivity index (χ4v) is 2.89. The van der Waals surface area contributed by atoms with Crippen molar-refractivity contribution in [1.29, 1.82) is 0 Å². The Balaban J connectivity index is 1.64. The molecule has 0 bridgehead atoms. The Morgan fingerprint density at radius 3 is 2.50 bits per heavy atom. The molecule has 0 spiro atoms. The van der Waals surface area contributed by atoms with Crippen molar-refractivity contribution in [2.45, 2.75) is 6.54 Å². The van der Waals surface area contributed by atoms with Gasteiger partial charge in [0.05, 0.1) is 11.5 Å². The second-order valence-corrected chi connectivity index (χ2v) is 6.26. The lowest BCUT2D eigenvalue weighted by Gasteiger charge is -2.36. The molecule has 28 heavy (non-hydrogen) atoms. The van der Waals surface area contributed by atoms with Gasteiger partial charge in [0.15, 0.2) is 5.96 Å². The lowest BCUT2D eigenvalue weighted by Crippen LogP contribution is -2.53. The summed E-state index contributed by atoms with van der Waals surface area (Å²) in [6.45, 7) is 8.00. The standard InChI is InChI=1S/C19H23N7O2/c1-2-8-20-19(23-15-16-4-6-17(7-5-16)26(27)28)25-13-11-24(12-14-25)18-21-9-3-10-22-18/h2-7,9-10H,1,8,11-15H2,(H,20,23). The highest BCUT2D eigenvalue weighted by atomic mass is 16.6. The molecule has 1 aliphatic rings. The minimum absolute atomic E-state index is 0.0805. The molecule has 0 atom stereocenters. The summed E-state index contributed by atoms with van der Waals surface area (Å²) in [6, 6.07) is 8.28. The number of piperazine rings is 1. The first-order chi connectivity index (χ1) is 13.7. The van der Waals surface area contributed by atoms with Gasteiger partial charge in [-0.05, 0) is 11.6 Å². The molecular formula is C19H23N7O2. The number of guanidine groups is 1. The Morgan fingerprint density at radius 1 is 1.21 bits per heavy atom. The van der Waals surface area contributed by atoms with Crippen molar-refractivity contribution in [3.05, 3.63) is 71.1 Å². The lowest BCUT2D eigenvalue weighted by molar-refractivity contribution is -0.384. The molecule has 1 aliphatic heterocycles. The molecule has 9 heteroatoms. The van der Waals surface area contributed by atoms with Crippen LogP contribution in [-0.2, 0) is 6.54 Å². The van der Waals surface area contributed by atoms with Gasteiger partial charge in [0.2, 0.25) is 5.95 Å². The van der Waals surface area contributed by atoms with Gasteiger partial charge in [-0.15, -0.1) is 6.58 Å². The van der Waals surface area contributed by atoms with E-state index in [9.17, 15) is 10.1 Å². The molecule has 0 saturated carbocycles. The van der Waals surface area contributed by atoms with Gasteiger partial charge in [-0.1, -0.05) is 18.2 Å². The molecule has 1 aromatic carbocycles. The average molecular weight is 381 g/mol. The number of anilines is 1. The summed E-state index contributed by atoms with van der Waals surface area (Å²) in [5.41, 5.74) is 0.997. The molecule has 1 aromatic heterocycles. The highest BCUT2D eigenvalue weighted by Crippen LogP contribution is 2.13. The second kappa shape index (κ2) is 9.45. The van der Waals surface area contributed by atoms with Gasteiger partial charge in [0.25, 0.3) is 5.69 Å². The second-order valence-electron chi connectivity index (χ2n) is 6.26. The molecule has 0 unspecified atom stereocenters. The Hall–Kier alpha value is -3.49. The van der Waals surface area contributed by atoms with Crippen LogP contribution in [0.4, 0.5) is 11.6 Å². The smallest absolute Gasteiger partial charge is 0.269 e. The Labute approximate surface area is 163 Å². The quantitative estimate of drug-likeness (QED) is 0.268. The van der Waals surface area contributed by atoms with E-state index in [1.807, 2.05) is 6.07 Å². The van der Waals surface area contributed by atoms with Crippen molar-refractivity contribution in [2.75, 3.05) is 37.6 Å². The summed E-state index contributed by atoms with van der Waals surface area (Å²) in [5, 5.41) is 14.1. The van der Waals surface area contributed by atoms with E-state index < -0.39 is 4.92 Å². The summed E-state index contributed by atoms with van der Waals surface area (Å²) in [4.78, 5) is 28.0. The predicted octanol–water partition coefficient (Wildman–Crippen LogP) is 1.84. The van der Waals surface area contributed by atoms with E-state index in [1.165, 1.54) is 12.1 Å². The molecule has 9 nitrogen and oxygen atoms in total. The number of non-ortho nitro benzene ring substituents is 1. The summed E-state index contributed by atoms with van der Waals surface area (Å²) in [5.74, 6) is 1.54. The summed E-state index contributed by atoms with van der Waals surface area (Å²) in [6.07, 6.45) is 5.28. The number of aromatic nitrogens is 2. The van der Waals surface area contributed by atoms with Crippen LogP contribution in [0.5, 0.6) is 0 Å². The van der Waals surface area contributed by atoms with E-state index in [0.29, 0.717) is 13.1 Å². The number of hydrogen-bond acceptors (Lipinski definition) is 6. The molecule has 1 fully saturated rings. The first-order valence-corrected chi connectivity index (χ1v) is 9.07. The zero-order valence-electron chi connectivity index (χ0n) is 15.6. The van der Waals surface area contributed by atoms with Crippen molar-refractivity contribution in [2.24, 2.45) is 4.99 Å². The number of nitro groups is 1. The molecule has 1 saturated heterocycles. The van der Waals surface area contributed by atoms with E-state index in [1.54, 1.807) is 30.6 Å². The van der Waals surface area contributed by atoms with Gasteiger partial charge in [-0.25, -0.2) is 15.0 Å². The van der Waals surface area contributed by atoms with E-state index in [-0.39, 0.29) is 5.69 Å². The Morgan fingerprint density at radius 2 is 1.89 bits per heavy atom. The first kappa shape index (κ1) is 19.3. The molecular weight excluding hydrogens is 358 g/mol. The van der Waals surface area contributed by atoms with Gasteiger partial charge in [-0.2, -0.15) is 0 Å². The van der Waals surface area contributed by atoms with Crippen LogP contribution in [0.15, 0.2) is 60.4 Å². The molecule has 0 radical (unpaired) electrons. The van der Waals surface area contributed by atoms with Crippen molar-refractivity contribution < 1.29 is 4.92 Å². The fourth-order valence-electron chi connectivity index (χ4n) is 2.89. The van der Waals surface area contributed by atoms with Crippen molar-refractivity contribution >= 4 is 17.6 Å². The largest absolute Gasteiger partial charge is 0.353 e. The van der Waals surface area contributed by atoms with Crippen molar-refractivity contribution in [3.63, 3.8) is 0 Å². The molecule has 1 N–H and O–H groups in total. The van der Waals surface area contributed by atoms with Gasteiger partial charge in [0, 0.05) is 57.3 Å². The molecule has 2 aromatic rings. The molecule has 146 valence electrons. The number of rotatable bonds is 6. The van der Waals surface area contributed by atoms with Crippen LogP contribution in [0.1, 0.15) is 5.56 Å². The third kappa shape index (κ3) is 5.03. The minimum atomic E-state index is -0.403. The lowest BCUT2D eigenvalue weighted by atomic mass is 10.2. The summed E-state index contributed by atoms with van der Waals surface area (Å²) in [7, 11) is 0. The topological polar surface area (TPSA) is 99.8 Å². The third-order valence-corrected chi connectivity index (χ3v) is 4.38. The fraction of sp³-hybridized carbons (Fsp3) is 0.316. The number of benzene rings is 1. The first-order valence-electron chi connectivity index (χ1n) is 9.07. The van der Waals surface area contributed by atoms with E-state index >= 15 is 0 Å². The van der Waals surface area contributed by atoms with Crippen LogP contribution in [0.2, 0.25) is 0 Å². The van der Waals surface area contributed by atoms with E-state index in [2.05, 4.69) is 31.7 Å². The summed E-state index contributed by atoms with van der Waals surface area (Å²) >= 11 is 0. The SMILES string of the molecule is C=CCNC(=NCc1ccc([N+](=O)[O-])cc1)N1CCN(c2ncccn2)CC1. The normalized spacial score (nSPS) is 14.6. The highest BCUT2D eigenvalue weighted by molar-refractivity contribution is 5.80. The van der Waals surface area contributed by atoms with Crippen LogP contribution >= 0.6 is 0 Å². The minimum Gasteiger partial charge on any atom is -0.353 e. The number of hydrogen-bond donors (Lipinski definition) is 1.